The van der Waals surface area contributed by atoms with E-state index in [9.17, 15) is 14.4 Å². The highest BCUT2D eigenvalue weighted by atomic mass is 16.5. The van der Waals surface area contributed by atoms with Crippen molar-refractivity contribution in [2.24, 2.45) is 5.73 Å². The molecule has 1 unspecified atom stereocenters. The quantitative estimate of drug-likeness (QED) is 0.317. The first-order chi connectivity index (χ1) is 14.4. The number of carbonyl (C=O) groups excluding carboxylic acids is 3. The molecule has 2 amide bonds. The Balaban J connectivity index is 2.76. The van der Waals surface area contributed by atoms with Crippen LogP contribution in [0.15, 0.2) is 30.3 Å². The minimum atomic E-state index is -0.829. The van der Waals surface area contributed by atoms with Crippen molar-refractivity contribution in [3.63, 3.8) is 0 Å². The Hall–Kier alpha value is -2.41. The number of nitrogens with one attached hydrogen (secondary N) is 2. The molecule has 0 aliphatic heterocycles. The lowest BCUT2D eigenvalue weighted by Gasteiger charge is -2.23. The standard InChI is InChI=1S/C23H37N3O4/c1-4-5-6-7-8-12-15-19(25-21(27)17(2)24)22(28)26-20(23(29)30-3)16-18-13-10-9-11-14-18/h9-11,13-14,17,19-20H,4-8,12,15-16,24H2,1-3H3,(H,25,27)(H,26,28)/t17-,19?,20-/m0/s1. The zero-order valence-corrected chi connectivity index (χ0v) is 18.5. The normalized spacial score (nSPS) is 13.7. The van der Waals surface area contributed by atoms with Crippen LogP contribution >= 0.6 is 0 Å². The zero-order chi connectivity index (χ0) is 22.4. The van der Waals surface area contributed by atoms with Crippen LogP contribution in [0.5, 0.6) is 0 Å². The van der Waals surface area contributed by atoms with Gasteiger partial charge in [0, 0.05) is 6.42 Å². The lowest BCUT2D eigenvalue weighted by atomic mass is 10.0. The van der Waals surface area contributed by atoms with Gasteiger partial charge in [0.1, 0.15) is 12.1 Å². The predicted molar refractivity (Wildman–Crippen MR) is 118 cm³/mol. The molecule has 0 saturated heterocycles. The van der Waals surface area contributed by atoms with Crippen LogP contribution in [0.1, 0.15) is 64.4 Å². The highest BCUT2D eigenvalue weighted by Gasteiger charge is 2.27. The van der Waals surface area contributed by atoms with E-state index in [4.69, 9.17) is 10.5 Å². The topological polar surface area (TPSA) is 111 Å². The molecule has 1 aromatic carbocycles. The smallest absolute Gasteiger partial charge is 0.328 e. The number of rotatable bonds is 14. The van der Waals surface area contributed by atoms with E-state index in [2.05, 4.69) is 17.6 Å². The van der Waals surface area contributed by atoms with Gasteiger partial charge in [-0.05, 0) is 18.9 Å². The fourth-order valence-electron chi connectivity index (χ4n) is 3.16. The molecular formula is C23H37N3O4. The molecule has 7 nitrogen and oxygen atoms in total. The number of hydrogen-bond donors (Lipinski definition) is 3. The Labute approximate surface area is 180 Å². The van der Waals surface area contributed by atoms with Gasteiger partial charge in [-0.15, -0.1) is 0 Å². The summed E-state index contributed by atoms with van der Waals surface area (Å²) in [6, 6.07) is 7.11. The van der Waals surface area contributed by atoms with Gasteiger partial charge in [-0.25, -0.2) is 4.79 Å². The van der Waals surface area contributed by atoms with Crippen LogP contribution in [0.2, 0.25) is 0 Å². The number of ether oxygens (including phenoxy) is 1. The Morgan fingerprint density at radius 3 is 2.13 bits per heavy atom. The van der Waals surface area contributed by atoms with E-state index in [1.54, 1.807) is 6.92 Å². The second-order valence-corrected chi connectivity index (χ2v) is 7.68. The third-order valence-corrected chi connectivity index (χ3v) is 4.98. The van der Waals surface area contributed by atoms with Gasteiger partial charge in [0.25, 0.3) is 0 Å². The molecule has 0 spiro atoms. The fraction of sp³-hybridized carbons (Fsp3) is 0.609. The molecule has 1 rings (SSSR count). The molecule has 1 aromatic rings. The van der Waals surface area contributed by atoms with Crippen molar-refractivity contribution >= 4 is 17.8 Å². The second kappa shape index (κ2) is 14.6. The average molecular weight is 420 g/mol. The van der Waals surface area contributed by atoms with E-state index in [0.29, 0.717) is 12.8 Å². The molecule has 3 atom stereocenters. The van der Waals surface area contributed by atoms with Crippen molar-refractivity contribution in [3.05, 3.63) is 35.9 Å². The van der Waals surface area contributed by atoms with Crippen LogP contribution < -0.4 is 16.4 Å². The SMILES string of the molecule is CCCCCCCCC(NC(=O)[C@H](C)N)C(=O)N[C@@H](Cc1ccccc1)C(=O)OC. The maximum absolute atomic E-state index is 12.9. The summed E-state index contributed by atoms with van der Waals surface area (Å²) in [7, 11) is 1.29. The van der Waals surface area contributed by atoms with Gasteiger partial charge < -0.3 is 21.1 Å². The summed E-state index contributed by atoms with van der Waals surface area (Å²) in [6.07, 6.45) is 7.24. The summed E-state index contributed by atoms with van der Waals surface area (Å²) < 4.78 is 4.86. The van der Waals surface area contributed by atoms with Gasteiger partial charge in [-0.2, -0.15) is 0 Å². The van der Waals surface area contributed by atoms with Crippen LogP contribution in [-0.2, 0) is 25.5 Å². The molecule has 0 aliphatic rings. The molecule has 0 saturated carbocycles. The molecule has 0 fully saturated rings. The maximum atomic E-state index is 12.9. The van der Waals surface area contributed by atoms with Crippen LogP contribution in [0.4, 0.5) is 0 Å². The van der Waals surface area contributed by atoms with Gasteiger partial charge in [-0.3, -0.25) is 9.59 Å². The second-order valence-electron chi connectivity index (χ2n) is 7.68. The van der Waals surface area contributed by atoms with E-state index >= 15 is 0 Å². The molecule has 0 aliphatic carbocycles. The monoisotopic (exact) mass is 419 g/mol. The lowest BCUT2D eigenvalue weighted by molar-refractivity contribution is -0.145. The molecular weight excluding hydrogens is 382 g/mol. The lowest BCUT2D eigenvalue weighted by Crippen LogP contribution is -2.54. The number of benzene rings is 1. The third-order valence-electron chi connectivity index (χ3n) is 4.98. The summed E-state index contributed by atoms with van der Waals surface area (Å²) in [5.74, 6) is -1.31. The number of amides is 2. The van der Waals surface area contributed by atoms with Gasteiger partial charge in [-0.1, -0.05) is 75.8 Å². The maximum Gasteiger partial charge on any atom is 0.328 e. The van der Waals surface area contributed by atoms with Crippen LogP contribution in [-0.4, -0.2) is 43.0 Å². The summed E-state index contributed by atoms with van der Waals surface area (Å²) in [5, 5.41) is 5.47. The van der Waals surface area contributed by atoms with Gasteiger partial charge >= 0.3 is 5.97 Å². The Morgan fingerprint density at radius 2 is 1.53 bits per heavy atom. The number of methoxy groups -OCH3 is 1. The molecule has 7 heteroatoms. The van der Waals surface area contributed by atoms with Crippen LogP contribution in [0.25, 0.3) is 0 Å². The largest absolute Gasteiger partial charge is 0.467 e. The van der Waals surface area contributed by atoms with Crippen molar-refractivity contribution in [1.29, 1.82) is 0 Å². The Bertz CT molecular complexity index is 649. The average Bonchev–Trinajstić information content (AvgIpc) is 2.74. The van der Waals surface area contributed by atoms with Crippen LogP contribution in [0.3, 0.4) is 0 Å². The first kappa shape index (κ1) is 25.6. The highest BCUT2D eigenvalue weighted by Crippen LogP contribution is 2.10. The van der Waals surface area contributed by atoms with Crippen LogP contribution in [0, 0.1) is 0 Å². The van der Waals surface area contributed by atoms with E-state index in [-0.39, 0.29) is 5.91 Å². The molecule has 0 radical (unpaired) electrons. The highest BCUT2D eigenvalue weighted by molar-refractivity contribution is 5.91. The third kappa shape index (κ3) is 9.87. The molecule has 0 bridgehead atoms. The summed E-state index contributed by atoms with van der Waals surface area (Å²) >= 11 is 0. The zero-order valence-electron chi connectivity index (χ0n) is 18.5. The number of carbonyl (C=O) groups is 3. The minimum absolute atomic E-state index is 0.310. The molecule has 0 aromatic heterocycles. The van der Waals surface area contributed by atoms with Gasteiger partial charge in [0.2, 0.25) is 11.8 Å². The predicted octanol–water partition coefficient (Wildman–Crippen LogP) is 2.47. The van der Waals surface area contributed by atoms with Crippen molar-refractivity contribution in [3.8, 4) is 0 Å². The molecule has 4 N–H and O–H groups in total. The van der Waals surface area contributed by atoms with Crippen molar-refractivity contribution in [2.75, 3.05) is 7.11 Å². The van der Waals surface area contributed by atoms with Gasteiger partial charge in [0.05, 0.1) is 13.2 Å². The Kier molecular flexibility index (Phi) is 12.4. The summed E-state index contributed by atoms with van der Waals surface area (Å²) in [4.78, 5) is 37.2. The summed E-state index contributed by atoms with van der Waals surface area (Å²) in [6.45, 7) is 3.73. The van der Waals surface area contributed by atoms with Gasteiger partial charge in [0.15, 0.2) is 0 Å². The number of unbranched alkanes of at least 4 members (excludes halogenated alkanes) is 5. The molecule has 0 heterocycles. The molecule has 168 valence electrons. The number of hydrogen-bond acceptors (Lipinski definition) is 5. The number of esters is 1. The summed E-state index contributed by atoms with van der Waals surface area (Å²) in [5.41, 5.74) is 6.55. The first-order valence-electron chi connectivity index (χ1n) is 10.9. The minimum Gasteiger partial charge on any atom is -0.467 e. The van der Waals surface area contributed by atoms with Crippen molar-refractivity contribution in [1.82, 2.24) is 10.6 Å². The first-order valence-corrected chi connectivity index (χ1v) is 10.9. The van der Waals surface area contributed by atoms with E-state index in [1.165, 1.54) is 26.4 Å². The van der Waals surface area contributed by atoms with Crippen molar-refractivity contribution < 1.29 is 19.1 Å². The Morgan fingerprint density at radius 1 is 0.933 bits per heavy atom. The van der Waals surface area contributed by atoms with E-state index < -0.39 is 30.0 Å². The number of nitrogens with two attached hydrogens (primary N) is 1. The fourth-order valence-corrected chi connectivity index (χ4v) is 3.16. The van der Waals surface area contributed by atoms with E-state index in [1.807, 2.05) is 30.3 Å². The molecule has 30 heavy (non-hydrogen) atoms. The van der Waals surface area contributed by atoms with Crippen molar-refractivity contribution in [2.45, 2.75) is 83.3 Å². The van der Waals surface area contributed by atoms with E-state index in [0.717, 1.165) is 24.8 Å².